The van der Waals surface area contributed by atoms with Crippen molar-refractivity contribution in [1.29, 1.82) is 0 Å². The fourth-order valence-corrected chi connectivity index (χ4v) is 1.58. The van der Waals surface area contributed by atoms with Gasteiger partial charge in [0.15, 0.2) is 5.78 Å². The smallest absolute Gasteiger partial charge is 0.220 e. The van der Waals surface area contributed by atoms with Crippen molar-refractivity contribution >= 4 is 11.7 Å². The van der Waals surface area contributed by atoms with Gasteiger partial charge in [0.25, 0.3) is 0 Å². The van der Waals surface area contributed by atoms with E-state index in [0.29, 0.717) is 0 Å². The molecule has 0 spiro atoms. The first-order valence-electron chi connectivity index (χ1n) is 5.28. The van der Waals surface area contributed by atoms with Crippen molar-refractivity contribution in [2.75, 3.05) is 0 Å². The van der Waals surface area contributed by atoms with Crippen LogP contribution in [0.5, 0.6) is 0 Å². The number of carbonyl (C=O) groups is 2. The summed E-state index contributed by atoms with van der Waals surface area (Å²) in [6.07, 6.45) is -3.62. The molecule has 2 unspecified atom stereocenters. The van der Waals surface area contributed by atoms with Crippen LogP contribution in [0.1, 0.15) is 35.4 Å². The third kappa shape index (κ3) is 3.12. The number of primary amides is 1. The van der Waals surface area contributed by atoms with Crippen molar-refractivity contribution < 1.29 is 24.2 Å². The van der Waals surface area contributed by atoms with E-state index < -0.39 is 36.1 Å². The van der Waals surface area contributed by atoms with Crippen molar-refractivity contribution in [1.82, 2.24) is 0 Å². The molecule has 0 saturated heterocycles. The second-order valence-electron chi connectivity index (χ2n) is 3.95. The molecule has 1 amide bonds. The number of nitrogens with two attached hydrogens (primary N) is 1. The summed E-state index contributed by atoms with van der Waals surface area (Å²) < 4.78 is 13.9. The predicted molar refractivity (Wildman–Crippen MR) is 61.2 cm³/mol. The van der Waals surface area contributed by atoms with Crippen LogP contribution in [0, 0.1) is 5.82 Å². The summed E-state index contributed by atoms with van der Waals surface area (Å²) in [6, 6.07) is 3.89. The minimum atomic E-state index is -1.61. The Labute approximate surface area is 103 Å². The molecule has 0 aromatic heterocycles. The number of aliphatic hydroxyl groups excluding tert-OH is 2. The van der Waals surface area contributed by atoms with E-state index in [1.54, 1.807) is 0 Å². The highest BCUT2D eigenvalue weighted by Gasteiger charge is 2.24. The SMILES string of the molecule is CC(=O)c1cccc(C(O)C(O)CC(N)=O)c1F. The summed E-state index contributed by atoms with van der Waals surface area (Å²) in [7, 11) is 0. The Kier molecular flexibility index (Phi) is 4.52. The van der Waals surface area contributed by atoms with Gasteiger partial charge < -0.3 is 15.9 Å². The molecule has 0 saturated carbocycles. The van der Waals surface area contributed by atoms with E-state index in [1.807, 2.05) is 0 Å². The third-order valence-electron chi connectivity index (χ3n) is 2.50. The maximum atomic E-state index is 13.9. The average molecular weight is 255 g/mol. The van der Waals surface area contributed by atoms with E-state index >= 15 is 0 Å². The summed E-state index contributed by atoms with van der Waals surface area (Å²) in [5, 5.41) is 19.2. The lowest BCUT2D eigenvalue weighted by Gasteiger charge is -2.18. The molecule has 0 aliphatic rings. The van der Waals surface area contributed by atoms with Crippen molar-refractivity contribution in [3.05, 3.63) is 35.1 Å². The van der Waals surface area contributed by atoms with E-state index in [-0.39, 0.29) is 11.1 Å². The molecule has 18 heavy (non-hydrogen) atoms. The summed E-state index contributed by atoms with van der Waals surface area (Å²) in [4.78, 5) is 21.7. The van der Waals surface area contributed by atoms with Gasteiger partial charge in [0.05, 0.1) is 18.1 Å². The molecule has 1 aromatic rings. The van der Waals surface area contributed by atoms with Gasteiger partial charge in [0, 0.05) is 5.56 Å². The second kappa shape index (κ2) is 5.70. The Morgan fingerprint density at radius 3 is 2.50 bits per heavy atom. The summed E-state index contributed by atoms with van der Waals surface area (Å²) in [6.45, 7) is 1.19. The minimum absolute atomic E-state index is 0.183. The van der Waals surface area contributed by atoms with Crippen LogP contribution in [0.2, 0.25) is 0 Å². The van der Waals surface area contributed by atoms with Crippen molar-refractivity contribution in [3.8, 4) is 0 Å². The van der Waals surface area contributed by atoms with Crippen LogP contribution in [0.4, 0.5) is 4.39 Å². The van der Waals surface area contributed by atoms with Gasteiger partial charge in [0.1, 0.15) is 11.9 Å². The van der Waals surface area contributed by atoms with Crippen LogP contribution in [-0.2, 0) is 4.79 Å². The molecule has 0 bridgehead atoms. The number of halogens is 1. The molecule has 98 valence electrons. The van der Waals surface area contributed by atoms with Crippen LogP contribution >= 0.6 is 0 Å². The van der Waals surface area contributed by atoms with Crippen LogP contribution in [-0.4, -0.2) is 28.0 Å². The molecule has 0 heterocycles. The average Bonchev–Trinajstić information content (AvgIpc) is 2.27. The van der Waals surface area contributed by atoms with E-state index in [2.05, 4.69) is 0 Å². The molecule has 0 aliphatic carbocycles. The monoisotopic (exact) mass is 255 g/mol. The number of Topliss-reactive ketones (excluding diaryl/α,β-unsaturated/α-hetero) is 1. The lowest BCUT2D eigenvalue weighted by molar-refractivity contribution is -0.121. The van der Waals surface area contributed by atoms with Crippen molar-refractivity contribution in [3.63, 3.8) is 0 Å². The Morgan fingerprint density at radius 1 is 1.39 bits per heavy atom. The maximum absolute atomic E-state index is 13.9. The van der Waals surface area contributed by atoms with Gasteiger partial charge in [-0.15, -0.1) is 0 Å². The molecule has 0 radical (unpaired) electrons. The first kappa shape index (κ1) is 14.3. The lowest BCUT2D eigenvalue weighted by atomic mass is 9.98. The number of hydrogen-bond acceptors (Lipinski definition) is 4. The van der Waals surface area contributed by atoms with Gasteiger partial charge in [-0.2, -0.15) is 0 Å². The largest absolute Gasteiger partial charge is 0.390 e. The van der Waals surface area contributed by atoms with Crippen LogP contribution in [0.25, 0.3) is 0 Å². The summed E-state index contributed by atoms with van der Waals surface area (Å²) in [5.74, 6) is -2.21. The molecule has 1 aromatic carbocycles. The number of carbonyl (C=O) groups excluding carboxylic acids is 2. The number of rotatable bonds is 5. The molecular formula is C12H14FNO4. The van der Waals surface area contributed by atoms with E-state index in [4.69, 9.17) is 5.73 Å². The molecule has 0 aliphatic heterocycles. The third-order valence-corrected chi connectivity index (χ3v) is 2.50. The number of hydrogen-bond donors (Lipinski definition) is 3. The van der Waals surface area contributed by atoms with Gasteiger partial charge in [-0.25, -0.2) is 4.39 Å². The maximum Gasteiger partial charge on any atom is 0.220 e. The quantitative estimate of drug-likeness (QED) is 0.658. The Balaban J connectivity index is 3.06. The van der Waals surface area contributed by atoms with Crippen molar-refractivity contribution in [2.45, 2.75) is 25.6 Å². The van der Waals surface area contributed by atoms with E-state index in [9.17, 15) is 24.2 Å². The summed E-state index contributed by atoms with van der Waals surface area (Å²) in [5.41, 5.74) is 4.45. The second-order valence-corrected chi connectivity index (χ2v) is 3.95. The molecule has 5 nitrogen and oxygen atoms in total. The standard InChI is InChI=1S/C12H14FNO4/c1-6(15)7-3-2-4-8(11(7)13)12(18)9(16)5-10(14)17/h2-4,9,12,16,18H,5H2,1H3,(H2,14,17). The van der Waals surface area contributed by atoms with Crippen molar-refractivity contribution in [2.24, 2.45) is 5.73 Å². The van der Waals surface area contributed by atoms with Crippen LogP contribution in [0.3, 0.4) is 0 Å². The van der Waals surface area contributed by atoms with Gasteiger partial charge >= 0.3 is 0 Å². The molecule has 2 atom stereocenters. The molecule has 6 heteroatoms. The molecular weight excluding hydrogens is 241 g/mol. The fourth-order valence-electron chi connectivity index (χ4n) is 1.58. The molecule has 1 rings (SSSR count). The Bertz CT molecular complexity index is 475. The number of benzene rings is 1. The Morgan fingerprint density at radius 2 is 2.00 bits per heavy atom. The topological polar surface area (TPSA) is 101 Å². The number of ketones is 1. The highest BCUT2D eigenvalue weighted by Crippen LogP contribution is 2.24. The zero-order chi connectivity index (χ0) is 13.9. The zero-order valence-corrected chi connectivity index (χ0v) is 9.76. The van der Waals surface area contributed by atoms with E-state index in [1.165, 1.54) is 25.1 Å². The minimum Gasteiger partial charge on any atom is -0.390 e. The van der Waals surface area contributed by atoms with Gasteiger partial charge in [-0.3, -0.25) is 9.59 Å². The summed E-state index contributed by atoms with van der Waals surface area (Å²) >= 11 is 0. The number of aliphatic hydroxyl groups is 2. The Hall–Kier alpha value is -1.79. The fraction of sp³-hybridized carbons (Fsp3) is 0.333. The first-order valence-corrected chi connectivity index (χ1v) is 5.28. The molecule has 4 N–H and O–H groups in total. The van der Waals surface area contributed by atoms with Crippen LogP contribution < -0.4 is 5.73 Å². The van der Waals surface area contributed by atoms with Crippen LogP contribution in [0.15, 0.2) is 18.2 Å². The lowest BCUT2D eigenvalue weighted by Crippen LogP contribution is -2.26. The first-order chi connectivity index (χ1) is 8.34. The number of amides is 1. The van der Waals surface area contributed by atoms with E-state index in [0.717, 1.165) is 0 Å². The van der Waals surface area contributed by atoms with Gasteiger partial charge in [-0.1, -0.05) is 12.1 Å². The predicted octanol–water partition coefficient (Wildman–Crippen LogP) is 0.298. The molecule has 0 fully saturated rings. The normalized spacial score (nSPS) is 14.0. The van der Waals surface area contributed by atoms with Gasteiger partial charge in [0.2, 0.25) is 5.91 Å². The highest BCUT2D eigenvalue weighted by molar-refractivity contribution is 5.94. The highest BCUT2D eigenvalue weighted by atomic mass is 19.1. The van der Waals surface area contributed by atoms with Gasteiger partial charge in [-0.05, 0) is 13.0 Å². The zero-order valence-electron chi connectivity index (χ0n) is 9.76.